The lowest BCUT2D eigenvalue weighted by atomic mass is 9.95. The van der Waals surface area contributed by atoms with Gasteiger partial charge in [0.1, 0.15) is 0 Å². The molecule has 0 saturated carbocycles. The van der Waals surface area contributed by atoms with E-state index >= 15 is 0 Å². The number of Topliss-reactive ketones (excluding diaryl/α,β-unsaturated/α-hetero) is 2. The number of halogens is 1. The topological polar surface area (TPSA) is 39.1 Å². The minimum atomic E-state index is -0.0561. The van der Waals surface area contributed by atoms with E-state index in [0.717, 1.165) is 33.8 Å². The first-order chi connectivity index (χ1) is 15.4. The molecule has 4 heteroatoms. The van der Waals surface area contributed by atoms with Crippen molar-refractivity contribution in [1.82, 2.24) is 4.57 Å². The number of rotatable bonds is 6. The summed E-state index contributed by atoms with van der Waals surface area (Å²) in [7, 11) is 0. The number of ketones is 2. The highest BCUT2D eigenvalue weighted by atomic mass is 35.5. The van der Waals surface area contributed by atoms with Crippen LogP contribution in [0, 0.1) is 13.8 Å². The standard InChI is InChI=1S/C28H24ClNO2/c1-18-9-15-24(16-10-18)30-19(2)27(20(3)31)25(17-26(32)21-7-5-4-6-8-21)28(30)22-11-13-23(29)14-12-22/h4-16H,17H2,1-3H3. The van der Waals surface area contributed by atoms with Gasteiger partial charge in [-0.25, -0.2) is 0 Å². The zero-order chi connectivity index (χ0) is 22.8. The van der Waals surface area contributed by atoms with Gasteiger partial charge in [-0.2, -0.15) is 0 Å². The van der Waals surface area contributed by atoms with Gasteiger partial charge in [0.05, 0.1) is 5.69 Å². The molecular weight excluding hydrogens is 418 g/mol. The molecule has 0 aliphatic carbocycles. The van der Waals surface area contributed by atoms with E-state index in [2.05, 4.69) is 4.57 Å². The van der Waals surface area contributed by atoms with Gasteiger partial charge in [-0.3, -0.25) is 9.59 Å². The zero-order valence-electron chi connectivity index (χ0n) is 18.4. The molecule has 0 spiro atoms. The molecule has 0 aliphatic rings. The van der Waals surface area contributed by atoms with Crippen molar-refractivity contribution in [3.8, 4) is 16.9 Å². The van der Waals surface area contributed by atoms with Crippen molar-refractivity contribution in [2.24, 2.45) is 0 Å². The van der Waals surface area contributed by atoms with Crippen LogP contribution in [0.3, 0.4) is 0 Å². The summed E-state index contributed by atoms with van der Waals surface area (Å²) in [5, 5.41) is 0.632. The molecule has 1 aromatic heterocycles. The van der Waals surface area contributed by atoms with E-state index in [1.165, 1.54) is 0 Å². The second-order valence-electron chi connectivity index (χ2n) is 7.99. The van der Waals surface area contributed by atoms with Crippen LogP contribution < -0.4 is 0 Å². The van der Waals surface area contributed by atoms with Crippen LogP contribution in [0.4, 0.5) is 0 Å². The maximum atomic E-state index is 13.2. The summed E-state index contributed by atoms with van der Waals surface area (Å²) >= 11 is 6.15. The Morgan fingerprint density at radius 3 is 2.06 bits per heavy atom. The SMILES string of the molecule is CC(=O)c1c(CC(=O)c2ccccc2)c(-c2ccc(Cl)cc2)n(-c2ccc(C)cc2)c1C. The van der Waals surface area contributed by atoms with Crippen molar-refractivity contribution in [1.29, 1.82) is 0 Å². The monoisotopic (exact) mass is 441 g/mol. The predicted molar refractivity (Wildman–Crippen MR) is 130 cm³/mol. The van der Waals surface area contributed by atoms with Gasteiger partial charge in [0.15, 0.2) is 11.6 Å². The molecule has 160 valence electrons. The van der Waals surface area contributed by atoms with Gasteiger partial charge in [-0.15, -0.1) is 0 Å². The Bertz CT molecular complexity index is 1280. The van der Waals surface area contributed by atoms with Crippen LogP contribution in [0.1, 0.15) is 44.5 Å². The molecule has 0 radical (unpaired) electrons. The summed E-state index contributed by atoms with van der Waals surface area (Å²) in [6.07, 6.45) is 0.136. The van der Waals surface area contributed by atoms with Crippen molar-refractivity contribution < 1.29 is 9.59 Å². The Balaban J connectivity index is 1.99. The molecule has 4 aromatic rings. The lowest BCUT2D eigenvalue weighted by Gasteiger charge is -2.14. The molecule has 0 unspecified atom stereocenters. The van der Waals surface area contributed by atoms with Crippen LogP contribution in [0.5, 0.6) is 0 Å². The lowest BCUT2D eigenvalue weighted by Crippen LogP contribution is -2.08. The van der Waals surface area contributed by atoms with E-state index in [4.69, 9.17) is 11.6 Å². The van der Waals surface area contributed by atoms with Gasteiger partial charge in [-0.05, 0) is 56.2 Å². The third kappa shape index (κ3) is 4.17. The van der Waals surface area contributed by atoms with Crippen LogP contribution in [-0.2, 0) is 6.42 Å². The normalized spacial score (nSPS) is 10.9. The average molecular weight is 442 g/mol. The molecular formula is C28H24ClNO2. The first kappa shape index (κ1) is 21.8. The average Bonchev–Trinajstić information content (AvgIpc) is 3.07. The summed E-state index contributed by atoms with van der Waals surface area (Å²) in [5.41, 5.74) is 6.63. The van der Waals surface area contributed by atoms with Crippen LogP contribution in [0.2, 0.25) is 5.02 Å². The molecule has 0 amide bonds. The van der Waals surface area contributed by atoms with Crippen molar-refractivity contribution in [2.45, 2.75) is 27.2 Å². The lowest BCUT2D eigenvalue weighted by molar-refractivity contribution is 0.0992. The molecule has 0 N–H and O–H groups in total. The first-order valence-corrected chi connectivity index (χ1v) is 10.9. The van der Waals surface area contributed by atoms with E-state index in [9.17, 15) is 9.59 Å². The molecule has 0 atom stereocenters. The number of aromatic nitrogens is 1. The Morgan fingerprint density at radius 2 is 1.47 bits per heavy atom. The van der Waals surface area contributed by atoms with Gasteiger partial charge in [0.2, 0.25) is 0 Å². The Labute approximate surface area is 193 Å². The van der Waals surface area contributed by atoms with Gasteiger partial charge in [0, 0.05) is 34.0 Å². The number of carbonyl (C=O) groups excluding carboxylic acids is 2. The molecule has 4 rings (SSSR count). The highest BCUT2D eigenvalue weighted by Gasteiger charge is 2.26. The van der Waals surface area contributed by atoms with E-state index in [1.807, 2.05) is 92.7 Å². The number of benzene rings is 3. The molecule has 0 aliphatic heterocycles. The Morgan fingerprint density at radius 1 is 0.844 bits per heavy atom. The third-order valence-electron chi connectivity index (χ3n) is 5.70. The zero-order valence-corrected chi connectivity index (χ0v) is 19.1. The van der Waals surface area contributed by atoms with Gasteiger partial charge >= 0.3 is 0 Å². The fourth-order valence-electron chi connectivity index (χ4n) is 4.20. The number of hydrogen-bond acceptors (Lipinski definition) is 2. The van der Waals surface area contributed by atoms with Crippen LogP contribution in [0.25, 0.3) is 16.9 Å². The largest absolute Gasteiger partial charge is 0.313 e. The second-order valence-corrected chi connectivity index (χ2v) is 8.42. The fourth-order valence-corrected chi connectivity index (χ4v) is 4.33. The summed E-state index contributed by atoms with van der Waals surface area (Å²) in [6, 6.07) is 24.9. The Hall–Kier alpha value is -3.43. The molecule has 0 saturated heterocycles. The van der Waals surface area contributed by atoms with E-state index in [0.29, 0.717) is 16.1 Å². The Kier molecular flexibility index (Phi) is 6.11. The first-order valence-electron chi connectivity index (χ1n) is 10.5. The van der Waals surface area contributed by atoms with E-state index in [-0.39, 0.29) is 18.0 Å². The van der Waals surface area contributed by atoms with Crippen molar-refractivity contribution in [3.63, 3.8) is 0 Å². The summed E-state index contributed by atoms with van der Waals surface area (Å²) in [6.45, 7) is 5.54. The number of hydrogen-bond donors (Lipinski definition) is 0. The number of nitrogens with zero attached hydrogens (tertiary/aromatic N) is 1. The molecule has 3 nitrogen and oxygen atoms in total. The summed E-state index contributed by atoms with van der Waals surface area (Å²) < 4.78 is 2.08. The third-order valence-corrected chi connectivity index (χ3v) is 5.96. The van der Waals surface area contributed by atoms with Gasteiger partial charge in [0.25, 0.3) is 0 Å². The number of aryl methyl sites for hydroxylation is 1. The molecule has 0 fully saturated rings. The number of carbonyl (C=O) groups is 2. The van der Waals surface area contributed by atoms with E-state index in [1.54, 1.807) is 6.92 Å². The van der Waals surface area contributed by atoms with Crippen LogP contribution in [-0.4, -0.2) is 16.1 Å². The maximum absolute atomic E-state index is 13.2. The molecule has 0 bridgehead atoms. The van der Waals surface area contributed by atoms with Crippen molar-refractivity contribution in [2.75, 3.05) is 0 Å². The smallest absolute Gasteiger partial charge is 0.167 e. The van der Waals surface area contributed by atoms with Gasteiger partial charge in [-0.1, -0.05) is 71.8 Å². The molecule has 32 heavy (non-hydrogen) atoms. The predicted octanol–water partition coefficient (Wildman–Crippen LogP) is 7.04. The summed E-state index contributed by atoms with van der Waals surface area (Å²) in [5.74, 6) is -0.0798. The quantitative estimate of drug-likeness (QED) is 0.301. The summed E-state index contributed by atoms with van der Waals surface area (Å²) in [4.78, 5) is 26.0. The molecule has 1 heterocycles. The fraction of sp³-hybridized carbons (Fsp3) is 0.143. The maximum Gasteiger partial charge on any atom is 0.167 e. The minimum absolute atomic E-state index is 0.0237. The minimum Gasteiger partial charge on any atom is -0.313 e. The van der Waals surface area contributed by atoms with Crippen LogP contribution in [0.15, 0.2) is 78.9 Å². The highest BCUT2D eigenvalue weighted by molar-refractivity contribution is 6.30. The highest BCUT2D eigenvalue weighted by Crippen LogP contribution is 2.36. The van der Waals surface area contributed by atoms with E-state index < -0.39 is 0 Å². The van der Waals surface area contributed by atoms with Crippen LogP contribution >= 0.6 is 11.6 Å². The van der Waals surface area contributed by atoms with Gasteiger partial charge < -0.3 is 4.57 Å². The van der Waals surface area contributed by atoms with Crippen molar-refractivity contribution in [3.05, 3.63) is 112 Å². The molecule has 3 aromatic carbocycles. The second kappa shape index (κ2) is 8.97. The van der Waals surface area contributed by atoms with Crippen molar-refractivity contribution >= 4 is 23.2 Å².